The van der Waals surface area contributed by atoms with Gasteiger partial charge in [-0.3, -0.25) is 0 Å². The molecule has 0 bridgehead atoms. The third-order valence-corrected chi connectivity index (χ3v) is 11.9. The molecule has 0 amide bonds. The molecule has 0 spiro atoms. The molecule has 2 aromatic carbocycles. The molecule has 0 saturated carbocycles. The molecule has 9 heteroatoms. The lowest BCUT2D eigenvalue weighted by atomic mass is 10.1. The second kappa shape index (κ2) is 10.6. The number of ether oxygens (including phenoxy) is 2. The lowest BCUT2D eigenvalue weighted by Gasteiger charge is -2.43. The average molecular weight is 535 g/mol. The molecular weight excluding hydrogens is 500 g/mol. The van der Waals surface area contributed by atoms with Gasteiger partial charge in [0.05, 0.1) is 13.2 Å². The van der Waals surface area contributed by atoms with Crippen LogP contribution in [0.5, 0.6) is 0 Å². The van der Waals surface area contributed by atoms with Crippen LogP contribution in [0.4, 0.5) is 0 Å². The van der Waals surface area contributed by atoms with Crippen molar-refractivity contribution in [2.24, 2.45) is 0 Å². The van der Waals surface area contributed by atoms with E-state index in [-0.39, 0.29) is 22.8 Å². The predicted molar refractivity (Wildman–Crippen MR) is 145 cm³/mol. The van der Waals surface area contributed by atoms with E-state index in [0.717, 1.165) is 0 Å². The van der Waals surface area contributed by atoms with Crippen molar-refractivity contribution in [3.8, 4) is 11.6 Å². The topological polar surface area (TPSA) is 103 Å². The van der Waals surface area contributed by atoms with Gasteiger partial charge in [-0.25, -0.2) is 9.97 Å². The van der Waals surface area contributed by atoms with Crippen LogP contribution in [0, 0.1) is 6.92 Å². The van der Waals surface area contributed by atoms with Crippen molar-refractivity contribution >= 4 is 18.7 Å². The number of aliphatic hydroxyl groups excluding tert-OH is 1. The molecule has 3 heterocycles. The van der Waals surface area contributed by atoms with Crippen LogP contribution in [0.25, 0.3) is 11.6 Å². The number of aromatic nitrogens is 2. The molecule has 1 unspecified atom stereocenters. The van der Waals surface area contributed by atoms with Crippen molar-refractivity contribution in [1.29, 1.82) is 0 Å². The van der Waals surface area contributed by atoms with Crippen molar-refractivity contribution in [2.75, 3.05) is 13.7 Å². The van der Waals surface area contributed by atoms with Gasteiger partial charge in [0, 0.05) is 14.0 Å². The van der Waals surface area contributed by atoms with Crippen molar-refractivity contribution < 1.29 is 27.8 Å². The Morgan fingerprint density at radius 1 is 1.00 bits per heavy atom. The van der Waals surface area contributed by atoms with Gasteiger partial charge in [-0.05, 0) is 15.4 Å². The highest BCUT2D eigenvalue weighted by atomic mass is 28.4. The van der Waals surface area contributed by atoms with E-state index in [1.807, 2.05) is 12.1 Å². The lowest BCUT2D eigenvalue weighted by molar-refractivity contribution is 0.113. The van der Waals surface area contributed by atoms with Crippen LogP contribution in [0.15, 0.2) is 75.8 Å². The zero-order chi connectivity index (χ0) is 26.9. The fourth-order valence-electron chi connectivity index (χ4n) is 5.11. The molecule has 1 saturated heterocycles. The van der Waals surface area contributed by atoms with Crippen molar-refractivity contribution in [1.82, 2.24) is 9.97 Å². The molecule has 1 aliphatic rings. The van der Waals surface area contributed by atoms with Gasteiger partial charge in [0.1, 0.15) is 30.3 Å². The van der Waals surface area contributed by atoms with Gasteiger partial charge in [0.2, 0.25) is 5.89 Å². The zero-order valence-electron chi connectivity index (χ0n) is 22.4. The summed E-state index contributed by atoms with van der Waals surface area (Å²) in [6.07, 6.45) is -0.323. The highest BCUT2D eigenvalue weighted by Gasteiger charge is 2.54. The summed E-state index contributed by atoms with van der Waals surface area (Å²) >= 11 is 0. The fourth-order valence-corrected chi connectivity index (χ4v) is 9.68. The molecule has 4 aromatic rings. The van der Waals surface area contributed by atoms with Crippen LogP contribution < -0.4 is 10.4 Å². The summed E-state index contributed by atoms with van der Waals surface area (Å²) < 4.78 is 29.4. The number of aliphatic hydroxyl groups is 1. The Morgan fingerprint density at radius 3 is 2.21 bits per heavy atom. The molecule has 0 aliphatic carbocycles. The van der Waals surface area contributed by atoms with Crippen LogP contribution in [0.3, 0.4) is 0 Å². The minimum absolute atomic E-state index is 0.154. The number of rotatable bonds is 10. The van der Waals surface area contributed by atoms with Crippen molar-refractivity contribution in [3.05, 3.63) is 84.3 Å². The highest BCUT2D eigenvalue weighted by molar-refractivity contribution is 6.99. The molecule has 1 aliphatic heterocycles. The first-order valence-electron chi connectivity index (χ1n) is 12.7. The maximum Gasteiger partial charge on any atom is 0.261 e. The first-order valence-corrected chi connectivity index (χ1v) is 14.6. The monoisotopic (exact) mass is 534 g/mol. The van der Waals surface area contributed by atoms with E-state index < -0.39 is 20.5 Å². The molecule has 8 nitrogen and oxygen atoms in total. The van der Waals surface area contributed by atoms with Crippen LogP contribution in [0.1, 0.15) is 44.2 Å². The van der Waals surface area contributed by atoms with Crippen LogP contribution in [-0.4, -0.2) is 49.3 Å². The van der Waals surface area contributed by atoms with Gasteiger partial charge in [-0.15, -0.1) is 0 Å². The Balaban J connectivity index is 1.38. The fraction of sp³-hybridized carbons (Fsp3) is 0.379. The van der Waals surface area contributed by atoms with Gasteiger partial charge in [-0.2, -0.15) is 0 Å². The van der Waals surface area contributed by atoms with Crippen molar-refractivity contribution in [2.45, 2.75) is 57.7 Å². The van der Waals surface area contributed by atoms with E-state index in [2.05, 4.69) is 79.3 Å². The van der Waals surface area contributed by atoms with Crippen molar-refractivity contribution in [3.63, 3.8) is 0 Å². The highest BCUT2D eigenvalue weighted by Crippen LogP contribution is 2.41. The summed E-state index contributed by atoms with van der Waals surface area (Å²) in [5.41, 5.74) is 0.988. The summed E-state index contributed by atoms with van der Waals surface area (Å²) in [4.78, 5) is 8.81. The second-order valence-corrected chi connectivity index (χ2v) is 14.9. The summed E-state index contributed by atoms with van der Waals surface area (Å²) in [6.45, 7) is 9.07. The molecule has 2 aromatic heterocycles. The van der Waals surface area contributed by atoms with Gasteiger partial charge >= 0.3 is 0 Å². The maximum atomic E-state index is 11.2. The third-order valence-electron chi connectivity index (χ3n) is 6.89. The number of benzene rings is 2. The van der Waals surface area contributed by atoms with Gasteiger partial charge in [0.25, 0.3) is 8.32 Å². The average Bonchev–Trinajstić information content (AvgIpc) is 3.34. The standard InChI is InChI=1S/C29H34N2O6Si/c1-19-30-24(28-31-20(16-33-5)17-34-28)27(36-19)25(32)26-23(37-26)18-35-38(29(2,3)4,21-12-8-6-9-13-21)22-14-10-7-11-15-22/h6-15,17,23,25-26,32H,16,18H2,1-5H3/t23-,25?,26+/m1/s1. The van der Waals surface area contributed by atoms with E-state index in [4.69, 9.17) is 22.7 Å². The quantitative estimate of drug-likeness (QED) is 0.239. The number of epoxide rings is 1. The first-order chi connectivity index (χ1) is 18.2. The minimum atomic E-state index is -2.71. The van der Waals surface area contributed by atoms with E-state index in [9.17, 15) is 5.11 Å². The zero-order valence-corrected chi connectivity index (χ0v) is 23.4. The van der Waals surface area contributed by atoms with Crippen LogP contribution in [-0.2, 0) is 20.5 Å². The van der Waals surface area contributed by atoms with Gasteiger partial charge in [0.15, 0.2) is 17.3 Å². The molecule has 1 N–H and O–H groups in total. The van der Waals surface area contributed by atoms with E-state index in [0.29, 0.717) is 30.5 Å². The third kappa shape index (κ3) is 5.00. The number of oxazole rings is 2. The normalized spacial score (nSPS) is 18.5. The SMILES string of the molecule is COCc1coc(-c2nc(C)oc2C(O)[C@H]2O[C@@H]2CO[Si](c2ccccc2)(c2ccccc2)C(C)(C)C)n1. The Kier molecular flexibility index (Phi) is 7.39. The Labute approximate surface area is 223 Å². The van der Waals surface area contributed by atoms with Gasteiger partial charge in [-0.1, -0.05) is 81.4 Å². The number of hydrogen-bond acceptors (Lipinski definition) is 8. The Bertz CT molecular complexity index is 1310. The van der Waals surface area contributed by atoms with E-state index in [1.165, 1.54) is 16.6 Å². The largest absolute Gasteiger partial charge is 0.443 e. The molecule has 1 fully saturated rings. The van der Waals surface area contributed by atoms with E-state index in [1.54, 1.807) is 14.0 Å². The Morgan fingerprint density at radius 2 is 1.63 bits per heavy atom. The molecule has 200 valence electrons. The van der Waals surface area contributed by atoms with Crippen LogP contribution >= 0.6 is 0 Å². The smallest absolute Gasteiger partial charge is 0.261 e. The molecular formula is C29H34N2O6Si. The Hall–Kier alpha value is -3.08. The van der Waals surface area contributed by atoms with Crippen LogP contribution in [0.2, 0.25) is 5.04 Å². The molecule has 38 heavy (non-hydrogen) atoms. The summed E-state index contributed by atoms with van der Waals surface area (Å²) in [5, 5.41) is 13.5. The summed E-state index contributed by atoms with van der Waals surface area (Å²) in [5.74, 6) is 0.941. The second-order valence-electron chi connectivity index (χ2n) is 10.6. The molecule has 5 rings (SSSR count). The predicted octanol–water partition coefficient (Wildman–Crippen LogP) is 4.16. The summed E-state index contributed by atoms with van der Waals surface area (Å²) in [7, 11) is -1.13. The molecule has 0 radical (unpaired) electrons. The van der Waals surface area contributed by atoms with Gasteiger partial charge < -0.3 is 27.8 Å². The lowest BCUT2D eigenvalue weighted by Crippen LogP contribution is -2.66. The van der Waals surface area contributed by atoms with E-state index >= 15 is 0 Å². The minimum Gasteiger partial charge on any atom is -0.443 e. The number of hydrogen-bond donors (Lipinski definition) is 1. The molecule has 3 atom stereocenters. The summed E-state index contributed by atoms with van der Waals surface area (Å²) in [6, 6.07) is 20.9. The number of nitrogens with zero attached hydrogens (tertiary/aromatic N) is 2. The maximum absolute atomic E-state index is 11.2. The first kappa shape index (κ1) is 26.5. The number of methoxy groups -OCH3 is 1. The number of aryl methyl sites for hydroxylation is 1.